The van der Waals surface area contributed by atoms with E-state index in [0.29, 0.717) is 17.7 Å². The highest BCUT2D eigenvalue weighted by molar-refractivity contribution is 7.99. The molecule has 0 bridgehead atoms. The van der Waals surface area contributed by atoms with Crippen LogP contribution in [-0.4, -0.2) is 23.9 Å². The monoisotopic (exact) mass is 330 g/mol. The Morgan fingerprint density at radius 1 is 1.00 bits per heavy atom. The van der Waals surface area contributed by atoms with Crippen LogP contribution in [0.3, 0.4) is 0 Å². The van der Waals surface area contributed by atoms with E-state index in [1.807, 2.05) is 6.07 Å². The fourth-order valence-electron chi connectivity index (χ4n) is 2.37. The SMILES string of the molecule is O=C(CCC(=O)c1ccc2c(c1)SCCO2)c1ccc(F)cc1. The van der Waals surface area contributed by atoms with Crippen LogP contribution in [0.2, 0.25) is 0 Å². The van der Waals surface area contributed by atoms with Gasteiger partial charge in [-0.1, -0.05) is 0 Å². The molecule has 1 heterocycles. The van der Waals surface area contributed by atoms with Crippen LogP contribution < -0.4 is 4.74 Å². The van der Waals surface area contributed by atoms with Gasteiger partial charge in [0, 0.05) is 29.7 Å². The molecule has 0 saturated carbocycles. The summed E-state index contributed by atoms with van der Waals surface area (Å²) in [6, 6.07) is 10.7. The van der Waals surface area contributed by atoms with Crippen LogP contribution in [0.5, 0.6) is 5.75 Å². The normalized spacial score (nSPS) is 13.1. The second-order valence-electron chi connectivity index (χ2n) is 5.21. The first-order chi connectivity index (χ1) is 11.1. The smallest absolute Gasteiger partial charge is 0.163 e. The van der Waals surface area contributed by atoms with Gasteiger partial charge in [-0.2, -0.15) is 0 Å². The minimum absolute atomic E-state index is 0.0746. The molecule has 0 N–H and O–H groups in total. The minimum Gasteiger partial charge on any atom is -0.492 e. The summed E-state index contributed by atoms with van der Waals surface area (Å²) in [7, 11) is 0. The second-order valence-corrected chi connectivity index (χ2v) is 6.35. The Morgan fingerprint density at radius 3 is 2.39 bits per heavy atom. The largest absolute Gasteiger partial charge is 0.492 e. The molecule has 3 nitrogen and oxygen atoms in total. The van der Waals surface area contributed by atoms with E-state index in [0.717, 1.165) is 16.4 Å². The van der Waals surface area contributed by atoms with Gasteiger partial charge >= 0.3 is 0 Å². The Balaban J connectivity index is 1.63. The number of hydrogen-bond donors (Lipinski definition) is 0. The third kappa shape index (κ3) is 3.79. The van der Waals surface area contributed by atoms with Crippen molar-refractivity contribution in [3.63, 3.8) is 0 Å². The molecule has 0 aliphatic carbocycles. The maximum atomic E-state index is 12.8. The van der Waals surface area contributed by atoms with Crippen molar-refractivity contribution in [3.8, 4) is 5.75 Å². The predicted octanol–water partition coefficient (Wildman–Crippen LogP) is 4.16. The number of thioether (sulfide) groups is 1. The summed E-state index contributed by atoms with van der Waals surface area (Å²) in [4.78, 5) is 25.2. The van der Waals surface area contributed by atoms with Gasteiger partial charge in [0.15, 0.2) is 11.6 Å². The van der Waals surface area contributed by atoms with Crippen molar-refractivity contribution >= 4 is 23.3 Å². The molecule has 0 amide bonds. The van der Waals surface area contributed by atoms with Crippen LogP contribution in [0.4, 0.5) is 4.39 Å². The summed E-state index contributed by atoms with van der Waals surface area (Å²) in [6.07, 6.45) is 0.256. The molecule has 0 radical (unpaired) electrons. The Hall–Kier alpha value is -2.14. The molecule has 0 unspecified atom stereocenters. The lowest BCUT2D eigenvalue weighted by molar-refractivity contribution is 0.0917. The van der Waals surface area contributed by atoms with Gasteiger partial charge in [-0.05, 0) is 42.5 Å². The zero-order valence-electron chi connectivity index (χ0n) is 12.4. The fraction of sp³-hybridized carbons (Fsp3) is 0.222. The van der Waals surface area contributed by atoms with Crippen LogP contribution in [0, 0.1) is 5.82 Å². The van der Waals surface area contributed by atoms with E-state index in [9.17, 15) is 14.0 Å². The maximum absolute atomic E-state index is 12.8. The molecule has 1 aliphatic heterocycles. The first kappa shape index (κ1) is 15.7. The van der Waals surface area contributed by atoms with Gasteiger partial charge in [0.2, 0.25) is 0 Å². The van der Waals surface area contributed by atoms with Crippen LogP contribution in [-0.2, 0) is 0 Å². The third-order valence-corrected chi connectivity index (χ3v) is 4.61. The molecule has 0 saturated heterocycles. The van der Waals surface area contributed by atoms with Gasteiger partial charge in [0.05, 0.1) is 11.5 Å². The quantitative estimate of drug-likeness (QED) is 0.772. The van der Waals surface area contributed by atoms with Crippen molar-refractivity contribution in [1.29, 1.82) is 0 Å². The summed E-state index contributed by atoms with van der Waals surface area (Å²) in [5.41, 5.74) is 1.02. The number of benzene rings is 2. The van der Waals surface area contributed by atoms with E-state index in [4.69, 9.17) is 4.74 Å². The Labute approximate surface area is 137 Å². The molecule has 3 rings (SSSR count). The number of ketones is 2. The molecular formula is C18H15FO3S. The average molecular weight is 330 g/mol. The summed E-state index contributed by atoms with van der Waals surface area (Å²) in [5, 5.41) is 0. The van der Waals surface area contributed by atoms with Crippen LogP contribution in [0.15, 0.2) is 47.4 Å². The number of carbonyl (C=O) groups excluding carboxylic acids is 2. The van der Waals surface area contributed by atoms with Gasteiger partial charge in [0.1, 0.15) is 11.6 Å². The topological polar surface area (TPSA) is 43.4 Å². The number of fused-ring (bicyclic) bond motifs is 1. The Morgan fingerprint density at radius 2 is 1.65 bits per heavy atom. The van der Waals surface area contributed by atoms with E-state index in [1.54, 1.807) is 23.9 Å². The molecule has 0 aromatic heterocycles. The van der Waals surface area contributed by atoms with E-state index in [-0.39, 0.29) is 30.2 Å². The predicted molar refractivity (Wildman–Crippen MR) is 87.0 cm³/mol. The highest BCUT2D eigenvalue weighted by Crippen LogP contribution is 2.34. The number of carbonyl (C=O) groups is 2. The summed E-state index contributed by atoms with van der Waals surface area (Å²) in [5.74, 6) is 1.06. The van der Waals surface area contributed by atoms with Gasteiger partial charge < -0.3 is 4.74 Å². The summed E-state index contributed by atoms with van der Waals surface area (Å²) < 4.78 is 18.4. The van der Waals surface area contributed by atoms with Crippen LogP contribution in [0.25, 0.3) is 0 Å². The van der Waals surface area contributed by atoms with Crippen molar-refractivity contribution in [3.05, 3.63) is 59.4 Å². The minimum atomic E-state index is -0.383. The molecule has 0 atom stereocenters. The van der Waals surface area contributed by atoms with E-state index < -0.39 is 0 Å². The first-order valence-corrected chi connectivity index (χ1v) is 8.33. The molecule has 2 aromatic rings. The lowest BCUT2D eigenvalue weighted by Crippen LogP contribution is -2.09. The third-order valence-electron chi connectivity index (χ3n) is 3.61. The van der Waals surface area contributed by atoms with Gasteiger partial charge in [-0.3, -0.25) is 9.59 Å². The van der Waals surface area contributed by atoms with Crippen LogP contribution >= 0.6 is 11.8 Å². The zero-order valence-corrected chi connectivity index (χ0v) is 13.2. The Bertz CT molecular complexity index is 740. The lowest BCUT2D eigenvalue weighted by Gasteiger charge is -2.17. The highest BCUT2D eigenvalue weighted by atomic mass is 32.2. The van der Waals surface area contributed by atoms with E-state index >= 15 is 0 Å². The molecule has 5 heteroatoms. The highest BCUT2D eigenvalue weighted by Gasteiger charge is 2.15. The molecular weight excluding hydrogens is 315 g/mol. The van der Waals surface area contributed by atoms with Crippen LogP contribution in [0.1, 0.15) is 33.6 Å². The number of ether oxygens (including phenoxy) is 1. The number of halogens is 1. The molecule has 23 heavy (non-hydrogen) atoms. The maximum Gasteiger partial charge on any atom is 0.163 e. The molecule has 118 valence electrons. The molecule has 1 aliphatic rings. The van der Waals surface area contributed by atoms with Gasteiger partial charge in [0.25, 0.3) is 0 Å². The molecule has 0 fully saturated rings. The zero-order chi connectivity index (χ0) is 16.2. The van der Waals surface area contributed by atoms with E-state index in [2.05, 4.69) is 0 Å². The Kier molecular flexibility index (Phi) is 4.76. The number of rotatable bonds is 5. The van der Waals surface area contributed by atoms with Gasteiger partial charge in [-0.15, -0.1) is 11.8 Å². The molecule has 0 spiro atoms. The van der Waals surface area contributed by atoms with Crippen molar-refractivity contribution in [2.45, 2.75) is 17.7 Å². The first-order valence-electron chi connectivity index (χ1n) is 7.35. The van der Waals surface area contributed by atoms with Crippen molar-refractivity contribution < 1.29 is 18.7 Å². The fourth-order valence-corrected chi connectivity index (χ4v) is 3.23. The molecule has 2 aromatic carbocycles. The lowest BCUT2D eigenvalue weighted by atomic mass is 10.0. The van der Waals surface area contributed by atoms with Crippen molar-refractivity contribution in [2.75, 3.05) is 12.4 Å². The average Bonchev–Trinajstić information content (AvgIpc) is 2.59. The number of Topliss-reactive ketones (excluding diaryl/α,β-unsaturated/α-hetero) is 2. The summed E-state index contributed by atoms with van der Waals surface area (Å²) in [6.45, 7) is 0.678. The van der Waals surface area contributed by atoms with Crippen molar-refractivity contribution in [2.24, 2.45) is 0 Å². The standard InChI is InChI=1S/C18H15FO3S/c19-14-4-1-12(2-5-14)15(20)6-7-16(21)13-3-8-17-18(11-13)23-10-9-22-17/h1-5,8,11H,6-7,9-10H2. The number of hydrogen-bond acceptors (Lipinski definition) is 4. The van der Waals surface area contributed by atoms with Gasteiger partial charge in [-0.25, -0.2) is 4.39 Å². The van der Waals surface area contributed by atoms with E-state index in [1.165, 1.54) is 24.3 Å². The van der Waals surface area contributed by atoms with Crippen molar-refractivity contribution in [1.82, 2.24) is 0 Å². The summed E-state index contributed by atoms with van der Waals surface area (Å²) >= 11 is 1.66. The second kappa shape index (κ2) is 6.96.